The molecule has 98 valence electrons. The average Bonchev–Trinajstić information content (AvgIpc) is 2.63. The van der Waals surface area contributed by atoms with E-state index in [0.717, 1.165) is 12.2 Å². The summed E-state index contributed by atoms with van der Waals surface area (Å²) in [7, 11) is 0. The van der Waals surface area contributed by atoms with E-state index >= 15 is 0 Å². The van der Waals surface area contributed by atoms with Gasteiger partial charge < -0.3 is 15.6 Å². The van der Waals surface area contributed by atoms with Crippen LogP contribution in [0.4, 0.5) is 5.69 Å². The highest BCUT2D eigenvalue weighted by Gasteiger charge is 2.11. The number of hydrogen-bond acceptors (Lipinski definition) is 2. The Kier molecular flexibility index (Phi) is 3.62. The molecule has 1 aromatic carbocycles. The van der Waals surface area contributed by atoms with E-state index in [1.807, 2.05) is 12.1 Å². The molecule has 0 unspecified atom stereocenters. The maximum absolute atomic E-state index is 5.86. The number of anilines is 1. The van der Waals surface area contributed by atoms with Crippen molar-refractivity contribution in [2.24, 2.45) is 0 Å². The molecule has 0 atom stereocenters. The van der Waals surface area contributed by atoms with Crippen LogP contribution < -0.4 is 11.1 Å². The third-order valence-electron chi connectivity index (χ3n) is 3.15. The molecule has 0 aliphatic carbocycles. The van der Waals surface area contributed by atoms with E-state index in [9.17, 15) is 0 Å². The van der Waals surface area contributed by atoms with Crippen LogP contribution in [0.5, 0.6) is 0 Å². The first-order valence-electron chi connectivity index (χ1n) is 6.61. The number of nitrogens with one attached hydrogen (secondary N) is 1. The van der Waals surface area contributed by atoms with E-state index in [1.165, 1.54) is 16.6 Å². The predicted octanol–water partition coefficient (Wildman–Crippen LogP) is 3.30. The van der Waals surface area contributed by atoms with Crippen molar-refractivity contribution in [2.45, 2.75) is 46.3 Å². The summed E-state index contributed by atoms with van der Waals surface area (Å²) in [6.07, 6.45) is 0. The van der Waals surface area contributed by atoms with Gasteiger partial charge in [0, 0.05) is 40.9 Å². The SMILES string of the molecule is CC(C)NCc1cc2cc(N)ccc2n1C(C)C. The van der Waals surface area contributed by atoms with Gasteiger partial charge in [-0.3, -0.25) is 0 Å². The smallest absolute Gasteiger partial charge is 0.0486 e. The Hall–Kier alpha value is -1.48. The Labute approximate surface area is 109 Å². The van der Waals surface area contributed by atoms with Crippen LogP contribution in [0.15, 0.2) is 24.3 Å². The molecule has 0 aliphatic heterocycles. The summed E-state index contributed by atoms with van der Waals surface area (Å²) < 4.78 is 2.38. The Morgan fingerprint density at radius 2 is 1.89 bits per heavy atom. The second-order valence-electron chi connectivity index (χ2n) is 5.45. The van der Waals surface area contributed by atoms with Crippen molar-refractivity contribution in [3.8, 4) is 0 Å². The van der Waals surface area contributed by atoms with E-state index in [2.05, 4.69) is 49.7 Å². The molecular formula is C15H23N3. The molecule has 0 saturated carbocycles. The van der Waals surface area contributed by atoms with Gasteiger partial charge in [0.05, 0.1) is 0 Å². The van der Waals surface area contributed by atoms with Crippen molar-refractivity contribution in [2.75, 3.05) is 5.73 Å². The van der Waals surface area contributed by atoms with E-state index < -0.39 is 0 Å². The van der Waals surface area contributed by atoms with Crippen LogP contribution in [0.2, 0.25) is 0 Å². The van der Waals surface area contributed by atoms with Crippen LogP contribution in [0.1, 0.15) is 39.4 Å². The summed E-state index contributed by atoms with van der Waals surface area (Å²) >= 11 is 0. The molecule has 0 amide bonds. The fraction of sp³-hybridized carbons (Fsp3) is 0.467. The molecule has 2 rings (SSSR count). The molecule has 0 aliphatic rings. The van der Waals surface area contributed by atoms with Gasteiger partial charge in [-0.2, -0.15) is 0 Å². The summed E-state index contributed by atoms with van der Waals surface area (Å²) in [4.78, 5) is 0. The maximum atomic E-state index is 5.86. The number of hydrogen-bond donors (Lipinski definition) is 2. The summed E-state index contributed by atoms with van der Waals surface area (Å²) in [5.74, 6) is 0. The lowest BCUT2D eigenvalue weighted by Crippen LogP contribution is -2.23. The summed E-state index contributed by atoms with van der Waals surface area (Å²) in [6, 6.07) is 9.32. The largest absolute Gasteiger partial charge is 0.399 e. The maximum Gasteiger partial charge on any atom is 0.0486 e. The van der Waals surface area contributed by atoms with Gasteiger partial charge in [0.2, 0.25) is 0 Å². The zero-order valence-corrected chi connectivity index (χ0v) is 11.7. The van der Waals surface area contributed by atoms with Crippen molar-refractivity contribution < 1.29 is 0 Å². The van der Waals surface area contributed by atoms with E-state index in [-0.39, 0.29) is 0 Å². The van der Waals surface area contributed by atoms with Crippen molar-refractivity contribution in [3.63, 3.8) is 0 Å². The van der Waals surface area contributed by atoms with Crippen molar-refractivity contribution >= 4 is 16.6 Å². The zero-order chi connectivity index (χ0) is 13.3. The molecule has 0 fully saturated rings. The quantitative estimate of drug-likeness (QED) is 0.812. The molecule has 0 spiro atoms. The minimum atomic E-state index is 0.454. The molecule has 3 nitrogen and oxygen atoms in total. The van der Waals surface area contributed by atoms with Crippen molar-refractivity contribution in [1.82, 2.24) is 9.88 Å². The van der Waals surface area contributed by atoms with Gasteiger partial charge in [-0.25, -0.2) is 0 Å². The topological polar surface area (TPSA) is 43.0 Å². The zero-order valence-electron chi connectivity index (χ0n) is 11.7. The summed E-state index contributed by atoms with van der Waals surface area (Å²) in [6.45, 7) is 9.66. The fourth-order valence-corrected chi connectivity index (χ4v) is 2.37. The molecule has 3 N–H and O–H groups in total. The molecule has 3 heteroatoms. The third-order valence-corrected chi connectivity index (χ3v) is 3.15. The second-order valence-corrected chi connectivity index (χ2v) is 5.45. The molecule has 0 bridgehead atoms. The van der Waals surface area contributed by atoms with E-state index in [1.54, 1.807) is 0 Å². The molecule has 1 aromatic heterocycles. The third kappa shape index (κ3) is 2.51. The number of nitrogen functional groups attached to an aromatic ring is 1. The van der Waals surface area contributed by atoms with Crippen molar-refractivity contribution in [1.29, 1.82) is 0 Å². The molecule has 1 heterocycles. The van der Waals surface area contributed by atoms with Crippen LogP contribution in [0.3, 0.4) is 0 Å². The number of rotatable bonds is 4. The Bertz CT molecular complexity index is 538. The first-order chi connectivity index (χ1) is 8.49. The predicted molar refractivity (Wildman–Crippen MR) is 78.7 cm³/mol. The molecule has 0 radical (unpaired) electrons. The highest BCUT2D eigenvalue weighted by Crippen LogP contribution is 2.25. The highest BCUT2D eigenvalue weighted by atomic mass is 15.0. The second kappa shape index (κ2) is 5.02. The number of aromatic nitrogens is 1. The normalized spacial score (nSPS) is 11.9. The first-order valence-corrected chi connectivity index (χ1v) is 6.61. The molecule has 18 heavy (non-hydrogen) atoms. The Morgan fingerprint density at radius 1 is 1.17 bits per heavy atom. The van der Waals surface area contributed by atoms with Gasteiger partial charge in [-0.1, -0.05) is 13.8 Å². The lowest BCUT2D eigenvalue weighted by molar-refractivity contribution is 0.534. The Morgan fingerprint density at radius 3 is 2.50 bits per heavy atom. The minimum absolute atomic E-state index is 0.454. The Balaban J connectivity index is 2.47. The molecular weight excluding hydrogens is 222 g/mol. The van der Waals surface area contributed by atoms with Crippen LogP contribution in [0, 0.1) is 0 Å². The van der Waals surface area contributed by atoms with Gasteiger partial charge in [0.15, 0.2) is 0 Å². The van der Waals surface area contributed by atoms with Crippen LogP contribution in [-0.4, -0.2) is 10.6 Å². The van der Waals surface area contributed by atoms with E-state index in [0.29, 0.717) is 12.1 Å². The van der Waals surface area contributed by atoms with E-state index in [4.69, 9.17) is 5.73 Å². The standard InChI is InChI=1S/C15H23N3/c1-10(2)17-9-14-8-12-7-13(16)5-6-15(12)18(14)11(3)4/h5-8,10-11,17H,9,16H2,1-4H3. The first kappa shape index (κ1) is 13.0. The summed E-state index contributed by atoms with van der Waals surface area (Å²) in [5, 5.41) is 4.71. The fourth-order valence-electron chi connectivity index (χ4n) is 2.37. The average molecular weight is 245 g/mol. The summed E-state index contributed by atoms with van der Waals surface area (Å²) in [5.41, 5.74) is 9.26. The van der Waals surface area contributed by atoms with Crippen LogP contribution >= 0.6 is 0 Å². The lowest BCUT2D eigenvalue weighted by atomic mass is 10.2. The number of fused-ring (bicyclic) bond motifs is 1. The molecule has 2 aromatic rings. The van der Waals surface area contributed by atoms with Crippen molar-refractivity contribution in [3.05, 3.63) is 30.0 Å². The highest BCUT2D eigenvalue weighted by molar-refractivity contribution is 5.84. The lowest BCUT2D eigenvalue weighted by Gasteiger charge is -2.16. The van der Waals surface area contributed by atoms with Gasteiger partial charge in [0.1, 0.15) is 0 Å². The van der Waals surface area contributed by atoms with Crippen LogP contribution in [-0.2, 0) is 6.54 Å². The number of nitrogens with zero attached hydrogens (tertiary/aromatic N) is 1. The number of benzene rings is 1. The minimum Gasteiger partial charge on any atom is -0.399 e. The van der Waals surface area contributed by atoms with Gasteiger partial charge >= 0.3 is 0 Å². The van der Waals surface area contributed by atoms with Crippen LogP contribution in [0.25, 0.3) is 10.9 Å². The van der Waals surface area contributed by atoms with Gasteiger partial charge in [-0.05, 0) is 38.1 Å². The monoisotopic (exact) mass is 245 g/mol. The van der Waals surface area contributed by atoms with Gasteiger partial charge in [-0.15, -0.1) is 0 Å². The van der Waals surface area contributed by atoms with Gasteiger partial charge in [0.25, 0.3) is 0 Å². The number of nitrogens with two attached hydrogens (primary N) is 1. The molecule has 0 saturated heterocycles.